The van der Waals surface area contributed by atoms with Gasteiger partial charge >= 0.3 is 0 Å². The molecule has 2 rings (SSSR count). The summed E-state index contributed by atoms with van der Waals surface area (Å²) in [4.78, 5) is 31.1. The second-order valence-corrected chi connectivity index (χ2v) is 4.70. The highest BCUT2D eigenvalue weighted by atomic mass is 35.5. The molecule has 1 unspecified atom stereocenters. The molecule has 1 fully saturated rings. The molecule has 18 heavy (non-hydrogen) atoms. The van der Waals surface area contributed by atoms with E-state index in [1.165, 1.54) is 12.4 Å². The number of hydrogen-bond acceptors (Lipinski definition) is 4. The summed E-state index contributed by atoms with van der Waals surface area (Å²) in [6, 6.07) is 0. The van der Waals surface area contributed by atoms with Gasteiger partial charge in [-0.3, -0.25) is 14.6 Å². The Hall–Kier alpha value is -1.49. The van der Waals surface area contributed by atoms with Gasteiger partial charge in [0.05, 0.1) is 12.2 Å². The van der Waals surface area contributed by atoms with Gasteiger partial charge in [-0.05, 0) is 12.8 Å². The molecule has 1 atom stereocenters. The third-order valence-electron chi connectivity index (χ3n) is 3.01. The Bertz CT molecular complexity index is 464. The van der Waals surface area contributed by atoms with Crippen LogP contribution >= 0.6 is 11.6 Å². The first-order chi connectivity index (χ1) is 8.66. The predicted molar refractivity (Wildman–Crippen MR) is 65.9 cm³/mol. The Balaban J connectivity index is 1.88. The number of aromatic nitrogens is 2. The van der Waals surface area contributed by atoms with Gasteiger partial charge in [0.25, 0.3) is 0 Å². The van der Waals surface area contributed by atoms with Crippen LogP contribution < -0.4 is 5.32 Å². The summed E-state index contributed by atoms with van der Waals surface area (Å²) < 4.78 is 0. The van der Waals surface area contributed by atoms with E-state index in [0.717, 1.165) is 12.8 Å². The predicted octanol–water partition coefficient (Wildman–Crippen LogP) is 1.51. The molecule has 6 heteroatoms. The normalized spacial score (nSPS) is 19.6. The van der Waals surface area contributed by atoms with E-state index in [1.807, 2.05) is 0 Å². The zero-order valence-electron chi connectivity index (χ0n) is 9.86. The first-order valence-electron chi connectivity index (χ1n) is 5.91. The summed E-state index contributed by atoms with van der Waals surface area (Å²) in [5.41, 5.74) is 0.537. The van der Waals surface area contributed by atoms with E-state index in [9.17, 15) is 9.59 Å². The van der Waals surface area contributed by atoms with Crippen LogP contribution in [0.3, 0.4) is 0 Å². The molecule has 5 nitrogen and oxygen atoms in total. The van der Waals surface area contributed by atoms with E-state index < -0.39 is 0 Å². The van der Waals surface area contributed by atoms with Crippen molar-refractivity contribution in [2.45, 2.75) is 32.2 Å². The van der Waals surface area contributed by atoms with Crippen LogP contribution in [0, 0.1) is 5.92 Å². The maximum absolute atomic E-state index is 11.9. The Labute approximate surface area is 110 Å². The van der Waals surface area contributed by atoms with Crippen LogP contribution in [0.5, 0.6) is 0 Å². The summed E-state index contributed by atoms with van der Waals surface area (Å²) in [6.07, 6.45) is 5.53. The van der Waals surface area contributed by atoms with E-state index in [1.54, 1.807) is 0 Å². The van der Waals surface area contributed by atoms with E-state index in [2.05, 4.69) is 15.3 Å². The summed E-state index contributed by atoms with van der Waals surface area (Å²) in [5, 5.41) is 3.04. The number of carbonyl (C=O) groups is 2. The Morgan fingerprint density at radius 2 is 2.22 bits per heavy atom. The molecule has 1 amide bonds. The highest BCUT2D eigenvalue weighted by Gasteiger charge is 2.25. The maximum atomic E-state index is 11.9. The molecule has 1 aromatic rings. The average Bonchev–Trinajstić information content (AvgIpc) is 2.37. The minimum absolute atomic E-state index is 0.107. The molecule has 1 aliphatic rings. The number of carbonyl (C=O) groups excluding carboxylic acids is 2. The second-order valence-electron chi connectivity index (χ2n) is 4.34. The molecule has 1 heterocycles. The zero-order valence-corrected chi connectivity index (χ0v) is 10.6. The Morgan fingerprint density at radius 3 is 2.94 bits per heavy atom. The van der Waals surface area contributed by atoms with Crippen LogP contribution in [-0.4, -0.2) is 21.7 Å². The van der Waals surface area contributed by atoms with Gasteiger partial charge in [-0.15, -0.1) is 0 Å². The minimum atomic E-state index is -0.207. The van der Waals surface area contributed by atoms with Crippen molar-refractivity contribution in [3.05, 3.63) is 23.2 Å². The molecule has 1 saturated carbocycles. The summed E-state index contributed by atoms with van der Waals surface area (Å²) in [7, 11) is 0. The van der Waals surface area contributed by atoms with Crippen LogP contribution in [0.1, 0.15) is 31.4 Å². The van der Waals surface area contributed by atoms with Gasteiger partial charge in [-0.2, -0.15) is 0 Å². The summed E-state index contributed by atoms with van der Waals surface area (Å²) in [6.45, 7) is 0.246. The number of ketones is 1. The second kappa shape index (κ2) is 5.91. The van der Waals surface area contributed by atoms with Crippen molar-refractivity contribution in [3.63, 3.8) is 0 Å². The first-order valence-corrected chi connectivity index (χ1v) is 6.29. The van der Waals surface area contributed by atoms with Crippen molar-refractivity contribution in [2.75, 3.05) is 0 Å². The molecule has 0 aromatic carbocycles. The molecule has 96 valence electrons. The SMILES string of the molecule is O=C1CCCC(C(=O)NCc2nccnc2Cl)C1. The van der Waals surface area contributed by atoms with E-state index in [-0.39, 0.29) is 29.3 Å². The number of amides is 1. The Kier molecular flexibility index (Phi) is 4.25. The van der Waals surface area contributed by atoms with E-state index in [0.29, 0.717) is 18.5 Å². The third kappa shape index (κ3) is 3.26. The lowest BCUT2D eigenvalue weighted by atomic mass is 9.88. The van der Waals surface area contributed by atoms with Crippen molar-refractivity contribution in [1.29, 1.82) is 0 Å². The van der Waals surface area contributed by atoms with Gasteiger partial charge in [0.1, 0.15) is 5.78 Å². The van der Waals surface area contributed by atoms with Gasteiger partial charge in [0, 0.05) is 31.2 Å². The summed E-state index contributed by atoms with van der Waals surface area (Å²) >= 11 is 5.84. The zero-order chi connectivity index (χ0) is 13.0. The van der Waals surface area contributed by atoms with Crippen LogP contribution in [0.25, 0.3) is 0 Å². The van der Waals surface area contributed by atoms with Crippen LogP contribution in [0.2, 0.25) is 5.15 Å². The lowest BCUT2D eigenvalue weighted by Crippen LogP contribution is -2.33. The van der Waals surface area contributed by atoms with Crippen LogP contribution in [-0.2, 0) is 16.1 Å². The van der Waals surface area contributed by atoms with E-state index >= 15 is 0 Å². The van der Waals surface area contributed by atoms with Crippen molar-refractivity contribution in [1.82, 2.24) is 15.3 Å². The molecule has 0 spiro atoms. The number of nitrogens with one attached hydrogen (secondary N) is 1. The van der Waals surface area contributed by atoms with Gasteiger partial charge in [-0.1, -0.05) is 11.6 Å². The largest absolute Gasteiger partial charge is 0.350 e. The smallest absolute Gasteiger partial charge is 0.223 e. The van der Waals surface area contributed by atoms with Gasteiger partial charge in [0.15, 0.2) is 5.15 Å². The molecule has 1 aromatic heterocycles. The number of Topliss-reactive ketones (excluding diaryl/α,β-unsaturated/α-hetero) is 1. The summed E-state index contributed by atoms with van der Waals surface area (Å²) in [5.74, 6) is -0.148. The molecular weight excluding hydrogens is 254 g/mol. The molecular formula is C12H14ClN3O2. The van der Waals surface area contributed by atoms with Crippen molar-refractivity contribution < 1.29 is 9.59 Å². The molecule has 1 N–H and O–H groups in total. The van der Waals surface area contributed by atoms with Gasteiger partial charge in [-0.25, -0.2) is 4.98 Å². The Morgan fingerprint density at radius 1 is 1.44 bits per heavy atom. The number of nitrogens with zero attached hydrogens (tertiary/aromatic N) is 2. The monoisotopic (exact) mass is 267 g/mol. The maximum Gasteiger partial charge on any atom is 0.223 e. The molecule has 0 bridgehead atoms. The topological polar surface area (TPSA) is 72.0 Å². The fraction of sp³-hybridized carbons (Fsp3) is 0.500. The van der Waals surface area contributed by atoms with Crippen molar-refractivity contribution in [3.8, 4) is 0 Å². The number of halogens is 1. The lowest BCUT2D eigenvalue weighted by Gasteiger charge is -2.19. The molecule has 1 aliphatic carbocycles. The minimum Gasteiger partial charge on any atom is -0.350 e. The van der Waals surface area contributed by atoms with Crippen molar-refractivity contribution in [2.24, 2.45) is 5.92 Å². The van der Waals surface area contributed by atoms with Crippen LogP contribution in [0.15, 0.2) is 12.4 Å². The highest BCUT2D eigenvalue weighted by Crippen LogP contribution is 2.21. The quantitative estimate of drug-likeness (QED) is 0.901. The van der Waals surface area contributed by atoms with E-state index in [4.69, 9.17) is 11.6 Å². The number of hydrogen-bond donors (Lipinski definition) is 1. The molecule has 0 aliphatic heterocycles. The van der Waals surface area contributed by atoms with Crippen molar-refractivity contribution >= 4 is 23.3 Å². The van der Waals surface area contributed by atoms with Gasteiger partial charge < -0.3 is 5.32 Å². The molecule has 0 radical (unpaired) electrons. The first kappa shape index (κ1) is 13.0. The molecule has 0 saturated heterocycles. The standard InChI is InChI=1S/C12H14ClN3O2/c13-11-10(14-4-5-15-11)7-16-12(18)8-2-1-3-9(17)6-8/h4-5,8H,1-3,6-7H2,(H,16,18). The highest BCUT2D eigenvalue weighted by molar-refractivity contribution is 6.29. The van der Waals surface area contributed by atoms with Gasteiger partial charge in [0.2, 0.25) is 5.91 Å². The average molecular weight is 268 g/mol. The van der Waals surface area contributed by atoms with Crippen LogP contribution in [0.4, 0.5) is 0 Å². The fourth-order valence-corrected chi connectivity index (χ4v) is 2.20. The third-order valence-corrected chi connectivity index (χ3v) is 3.32. The number of rotatable bonds is 3. The fourth-order valence-electron chi connectivity index (χ4n) is 2.03. The lowest BCUT2D eigenvalue weighted by molar-refractivity contribution is -0.131.